The number of alkyl halides is 1. The Labute approximate surface area is 214 Å². The number of carboxylic acid groups (broad SMARTS) is 1. The lowest BCUT2D eigenvalue weighted by atomic mass is 9.79. The zero-order valence-corrected chi connectivity index (χ0v) is 22.1. The summed E-state index contributed by atoms with van der Waals surface area (Å²) in [6.07, 6.45) is -0.594. The zero-order chi connectivity index (χ0) is 26.5. The predicted octanol–water partition coefficient (Wildman–Crippen LogP) is 6.30. The summed E-state index contributed by atoms with van der Waals surface area (Å²) in [6, 6.07) is 19.3. The van der Waals surface area contributed by atoms with Crippen molar-refractivity contribution in [2.45, 2.75) is 66.3 Å². The Morgan fingerprint density at radius 3 is 2.08 bits per heavy atom. The van der Waals surface area contributed by atoms with Crippen LogP contribution in [0.1, 0.15) is 59.0 Å². The number of benzene rings is 2. The maximum absolute atomic E-state index is 15.5. The highest BCUT2D eigenvalue weighted by Gasteiger charge is 2.39. The number of hydrogen-bond acceptors (Lipinski definition) is 3. The number of halogens is 1. The normalized spacial score (nSPS) is 14.8. The summed E-state index contributed by atoms with van der Waals surface area (Å²) in [4.78, 5) is 16.1. The van der Waals surface area contributed by atoms with Crippen LogP contribution in [-0.2, 0) is 6.54 Å². The quantitative estimate of drug-likeness (QED) is 0.326. The van der Waals surface area contributed by atoms with Crippen LogP contribution in [0, 0.1) is 10.8 Å². The predicted molar refractivity (Wildman–Crippen MR) is 143 cm³/mol. The first-order chi connectivity index (χ1) is 16.9. The Bertz CT molecular complexity index is 1120. The summed E-state index contributed by atoms with van der Waals surface area (Å²) in [5.74, 6) is 0.817. The molecule has 3 rings (SSSR count). The van der Waals surface area contributed by atoms with E-state index in [1.54, 1.807) is 0 Å². The third-order valence-corrected chi connectivity index (χ3v) is 6.29. The molecule has 0 bridgehead atoms. The van der Waals surface area contributed by atoms with E-state index in [4.69, 9.17) is 10.1 Å². The van der Waals surface area contributed by atoms with Crippen molar-refractivity contribution in [3.05, 3.63) is 78.2 Å². The Morgan fingerprint density at radius 1 is 0.972 bits per heavy atom. The molecule has 0 saturated carbocycles. The van der Waals surface area contributed by atoms with Crippen LogP contribution in [0.3, 0.4) is 0 Å². The summed E-state index contributed by atoms with van der Waals surface area (Å²) >= 11 is 0. The summed E-state index contributed by atoms with van der Waals surface area (Å²) in [6.45, 7) is 12.6. The minimum atomic E-state index is -1.42. The first-order valence-corrected chi connectivity index (χ1v) is 12.4. The average molecular weight is 495 g/mol. The van der Waals surface area contributed by atoms with Crippen molar-refractivity contribution in [3.8, 4) is 11.3 Å². The fourth-order valence-corrected chi connectivity index (χ4v) is 4.41. The highest BCUT2D eigenvalue weighted by atomic mass is 19.1. The minimum absolute atomic E-state index is 0.283. The van der Waals surface area contributed by atoms with Gasteiger partial charge in [-0.1, -0.05) is 102 Å². The molecule has 36 heavy (non-hydrogen) atoms. The molecule has 0 aliphatic rings. The molecule has 194 valence electrons. The molecule has 0 saturated heterocycles. The average Bonchev–Trinajstić information content (AvgIpc) is 3.20. The monoisotopic (exact) mass is 494 g/mol. The van der Waals surface area contributed by atoms with E-state index in [1.807, 2.05) is 69.3 Å². The zero-order valence-electron chi connectivity index (χ0n) is 22.1. The van der Waals surface area contributed by atoms with Crippen LogP contribution < -0.4 is 10.6 Å². The molecule has 0 fully saturated rings. The van der Waals surface area contributed by atoms with E-state index in [-0.39, 0.29) is 18.0 Å². The number of hydrogen-bond donors (Lipinski definition) is 3. The molecule has 7 heteroatoms. The number of nitrogens with zero attached hydrogens (tertiary/aromatic N) is 2. The highest BCUT2D eigenvalue weighted by Crippen LogP contribution is 2.37. The lowest BCUT2D eigenvalue weighted by Gasteiger charge is -2.41. The van der Waals surface area contributed by atoms with Crippen LogP contribution in [-0.4, -0.2) is 39.5 Å². The van der Waals surface area contributed by atoms with Gasteiger partial charge >= 0.3 is 6.09 Å². The second kappa shape index (κ2) is 11.2. The van der Waals surface area contributed by atoms with Crippen LogP contribution >= 0.6 is 0 Å². The second-order valence-corrected chi connectivity index (χ2v) is 11.5. The van der Waals surface area contributed by atoms with Crippen molar-refractivity contribution in [2.24, 2.45) is 10.8 Å². The first-order valence-electron chi connectivity index (χ1n) is 12.4. The third-order valence-electron chi connectivity index (χ3n) is 6.29. The van der Waals surface area contributed by atoms with Crippen molar-refractivity contribution in [1.82, 2.24) is 20.2 Å². The molecular weight excluding hydrogens is 455 g/mol. The maximum Gasteiger partial charge on any atom is 0.404 e. The van der Waals surface area contributed by atoms with Crippen molar-refractivity contribution in [3.63, 3.8) is 0 Å². The minimum Gasteiger partial charge on any atom is -0.465 e. The summed E-state index contributed by atoms with van der Waals surface area (Å²) in [5, 5.41) is 14.8. The fourth-order valence-electron chi connectivity index (χ4n) is 4.41. The van der Waals surface area contributed by atoms with E-state index in [1.165, 1.54) is 0 Å². The van der Waals surface area contributed by atoms with E-state index in [0.29, 0.717) is 6.54 Å². The van der Waals surface area contributed by atoms with Gasteiger partial charge in [-0.2, -0.15) is 0 Å². The van der Waals surface area contributed by atoms with Gasteiger partial charge in [-0.05, 0) is 16.4 Å². The summed E-state index contributed by atoms with van der Waals surface area (Å²) < 4.78 is 17.6. The first kappa shape index (κ1) is 27.4. The van der Waals surface area contributed by atoms with E-state index < -0.39 is 23.7 Å². The Kier molecular flexibility index (Phi) is 8.56. The number of imidazole rings is 1. The van der Waals surface area contributed by atoms with E-state index in [0.717, 1.165) is 22.6 Å². The second-order valence-electron chi connectivity index (χ2n) is 11.5. The molecule has 3 N–H and O–H groups in total. The van der Waals surface area contributed by atoms with Crippen LogP contribution in [0.5, 0.6) is 0 Å². The van der Waals surface area contributed by atoms with Gasteiger partial charge in [-0.3, -0.25) is 0 Å². The number of nitrogens with one attached hydrogen (secondary N) is 2. The Balaban J connectivity index is 2.06. The maximum atomic E-state index is 15.5. The topological polar surface area (TPSA) is 79.2 Å². The molecule has 0 radical (unpaired) electrons. The number of amides is 1. The highest BCUT2D eigenvalue weighted by molar-refractivity contribution is 5.64. The standard InChI is InChI=1S/C29H39FN4O2/c1-28(2,3)24(22(30)17-31-27(35)36)33-25(29(4,5)6)26-32-23(21-15-11-8-12-16-21)19-34(26)18-20-13-9-7-10-14-20/h7-16,19,22,24-25,31,33H,17-18H2,1-6H3,(H,35,36)/t22?,24?,25-/m0/s1. The van der Waals surface area contributed by atoms with Gasteiger partial charge in [0.15, 0.2) is 0 Å². The van der Waals surface area contributed by atoms with Gasteiger partial charge in [0, 0.05) is 24.3 Å². The van der Waals surface area contributed by atoms with Gasteiger partial charge in [0.1, 0.15) is 12.0 Å². The molecular formula is C29H39FN4O2. The molecule has 2 unspecified atom stereocenters. The molecule has 1 amide bonds. The van der Waals surface area contributed by atoms with Crippen molar-refractivity contribution in [2.75, 3.05) is 6.54 Å². The van der Waals surface area contributed by atoms with Gasteiger partial charge in [-0.15, -0.1) is 0 Å². The molecule has 0 aliphatic heterocycles. The largest absolute Gasteiger partial charge is 0.465 e. The SMILES string of the molecule is CC(C)(C)C(N[C@@H](c1nc(-c2ccccc2)cn1Cc1ccccc1)C(C)(C)C)C(F)CNC(=O)O. The molecule has 1 heterocycles. The Hall–Kier alpha value is -3.19. The van der Waals surface area contributed by atoms with Crippen molar-refractivity contribution in [1.29, 1.82) is 0 Å². The fraction of sp³-hybridized carbons (Fsp3) is 0.448. The summed E-state index contributed by atoms with van der Waals surface area (Å²) in [7, 11) is 0. The smallest absolute Gasteiger partial charge is 0.404 e. The van der Waals surface area contributed by atoms with E-state index in [9.17, 15) is 4.79 Å². The molecule has 3 atom stereocenters. The lowest BCUT2D eigenvalue weighted by molar-refractivity contribution is 0.103. The number of carbonyl (C=O) groups is 1. The number of rotatable bonds is 9. The molecule has 6 nitrogen and oxygen atoms in total. The van der Waals surface area contributed by atoms with Crippen LogP contribution in [0.4, 0.5) is 9.18 Å². The van der Waals surface area contributed by atoms with Crippen LogP contribution in [0.2, 0.25) is 0 Å². The van der Waals surface area contributed by atoms with Crippen molar-refractivity contribution >= 4 is 6.09 Å². The summed E-state index contributed by atoms with van der Waals surface area (Å²) in [5.41, 5.74) is 2.23. The Morgan fingerprint density at radius 2 is 1.56 bits per heavy atom. The van der Waals surface area contributed by atoms with Gasteiger partial charge in [0.25, 0.3) is 0 Å². The lowest BCUT2D eigenvalue weighted by Crippen LogP contribution is -2.54. The van der Waals surface area contributed by atoms with Gasteiger partial charge < -0.3 is 20.3 Å². The van der Waals surface area contributed by atoms with E-state index >= 15 is 4.39 Å². The van der Waals surface area contributed by atoms with Gasteiger partial charge in [0.2, 0.25) is 0 Å². The number of aromatic nitrogens is 2. The molecule has 3 aromatic rings. The molecule has 0 aliphatic carbocycles. The van der Waals surface area contributed by atoms with E-state index in [2.05, 4.69) is 54.3 Å². The molecule has 0 spiro atoms. The third kappa shape index (κ3) is 7.17. The van der Waals surface area contributed by atoms with Crippen LogP contribution in [0.25, 0.3) is 11.3 Å². The van der Waals surface area contributed by atoms with Crippen LogP contribution in [0.15, 0.2) is 66.9 Å². The van der Waals surface area contributed by atoms with Gasteiger partial charge in [0.05, 0.1) is 18.3 Å². The van der Waals surface area contributed by atoms with Crippen molar-refractivity contribution < 1.29 is 14.3 Å². The molecule has 1 aromatic heterocycles. The molecule has 2 aromatic carbocycles. The van der Waals surface area contributed by atoms with Gasteiger partial charge in [-0.25, -0.2) is 14.2 Å².